The van der Waals surface area contributed by atoms with Crippen LogP contribution in [0.4, 0.5) is 4.39 Å². The molecule has 2 aromatic rings. The second-order valence-electron chi connectivity index (χ2n) is 3.60. The number of halogens is 2. The molecule has 0 amide bonds. The van der Waals surface area contributed by atoms with Crippen molar-refractivity contribution < 1.29 is 4.39 Å². The van der Waals surface area contributed by atoms with E-state index >= 15 is 0 Å². The lowest BCUT2D eigenvalue weighted by Gasteiger charge is -2.14. The van der Waals surface area contributed by atoms with E-state index in [2.05, 4.69) is 10.3 Å². The number of hydrogen-bond donors (Lipinski definition) is 1. The molecule has 2 N–H and O–H groups in total. The molecule has 0 saturated carbocycles. The first-order valence-corrected chi connectivity index (χ1v) is 5.60. The Balaban J connectivity index is 2.44. The van der Waals surface area contributed by atoms with Gasteiger partial charge in [0.1, 0.15) is 5.82 Å². The average Bonchev–Trinajstić information content (AvgIpc) is 2.80. The van der Waals surface area contributed by atoms with Gasteiger partial charge in [0.05, 0.1) is 23.0 Å². The summed E-state index contributed by atoms with van der Waals surface area (Å²) in [5, 5.41) is 7.72. The number of nitrogens with two attached hydrogens (primary N) is 1. The zero-order chi connectivity index (χ0) is 12.4. The van der Waals surface area contributed by atoms with Crippen molar-refractivity contribution in [2.75, 3.05) is 0 Å². The quantitative estimate of drug-likeness (QED) is 0.913. The summed E-state index contributed by atoms with van der Waals surface area (Å²) in [4.78, 5) is 0. The lowest BCUT2D eigenvalue weighted by Crippen LogP contribution is -2.17. The summed E-state index contributed by atoms with van der Waals surface area (Å²) < 4.78 is 15.0. The molecule has 1 aromatic carbocycles. The summed E-state index contributed by atoms with van der Waals surface area (Å²) in [6.07, 6.45) is 1.56. The molecule has 17 heavy (non-hydrogen) atoms. The second-order valence-corrected chi connectivity index (χ2v) is 3.97. The van der Waals surface area contributed by atoms with E-state index in [0.717, 1.165) is 0 Å². The van der Waals surface area contributed by atoms with Crippen LogP contribution in [0, 0.1) is 5.82 Å². The highest BCUT2D eigenvalue weighted by atomic mass is 35.5. The zero-order valence-electron chi connectivity index (χ0n) is 9.27. The SMILES string of the molecule is CCn1nncc1C(N)c1cccc(F)c1Cl. The van der Waals surface area contributed by atoms with Crippen LogP contribution in [-0.2, 0) is 6.54 Å². The molecular weight excluding hydrogens is 243 g/mol. The fourth-order valence-electron chi connectivity index (χ4n) is 1.67. The van der Waals surface area contributed by atoms with Crippen LogP contribution < -0.4 is 5.73 Å². The van der Waals surface area contributed by atoms with Crippen LogP contribution in [0.5, 0.6) is 0 Å². The Bertz CT molecular complexity index is 526. The van der Waals surface area contributed by atoms with Gasteiger partial charge in [-0.25, -0.2) is 9.07 Å². The van der Waals surface area contributed by atoms with E-state index in [0.29, 0.717) is 17.8 Å². The number of benzene rings is 1. The largest absolute Gasteiger partial charge is 0.319 e. The molecule has 0 fully saturated rings. The maximum absolute atomic E-state index is 13.3. The zero-order valence-corrected chi connectivity index (χ0v) is 10.0. The Kier molecular flexibility index (Phi) is 3.40. The Morgan fingerprint density at radius 2 is 2.29 bits per heavy atom. The summed E-state index contributed by atoms with van der Waals surface area (Å²) in [5.74, 6) is -0.477. The lowest BCUT2D eigenvalue weighted by atomic mass is 10.0. The summed E-state index contributed by atoms with van der Waals surface area (Å²) >= 11 is 5.90. The van der Waals surface area contributed by atoms with Crippen LogP contribution in [0.1, 0.15) is 24.2 Å². The molecule has 0 saturated heterocycles. The smallest absolute Gasteiger partial charge is 0.142 e. The van der Waals surface area contributed by atoms with Gasteiger partial charge in [0.2, 0.25) is 0 Å². The molecule has 0 radical (unpaired) electrons. The predicted octanol–water partition coefficient (Wildman–Crippen LogP) is 2.14. The summed E-state index contributed by atoms with van der Waals surface area (Å²) in [5.41, 5.74) is 7.29. The van der Waals surface area contributed by atoms with Crippen LogP contribution >= 0.6 is 11.6 Å². The van der Waals surface area contributed by atoms with Crippen molar-refractivity contribution >= 4 is 11.6 Å². The molecule has 1 unspecified atom stereocenters. The van der Waals surface area contributed by atoms with Crippen molar-refractivity contribution in [1.29, 1.82) is 0 Å². The van der Waals surface area contributed by atoms with Gasteiger partial charge in [0.25, 0.3) is 0 Å². The molecule has 0 bridgehead atoms. The molecule has 90 valence electrons. The standard InChI is InChI=1S/C11H12ClFN4/c1-2-17-9(6-15-16-17)11(14)7-4-3-5-8(13)10(7)12/h3-6,11H,2,14H2,1H3. The lowest BCUT2D eigenvalue weighted by molar-refractivity contribution is 0.578. The number of hydrogen-bond acceptors (Lipinski definition) is 3. The van der Waals surface area contributed by atoms with Gasteiger partial charge in [-0.2, -0.15) is 0 Å². The first kappa shape index (κ1) is 12.0. The summed E-state index contributed by atoms with van der Waals surface area (Å²) in [6.45, 7) is 2.58. The normalized spacial score (nSPS) is 12.7. The molecule has 2 rings (SSSR count). The molecule has 0 aliphatic heterocycles. The first-order valence-electron chi connectivity index (χ1n) is 5.23. The molecule has 4 nitrogen and oxygen atoms in total. The second kappa shape index (κ2) is 4.81. The van der Waals surface area contributed by atoms with Crippen molar-refractivity contribution in [2.45, 2.75) is 19.5 Å². The highest BCUT2D eigenvalue weighted by Gasteiger charge is 2.18. The maximum Gasteiger partial charge on any atom is 0.142 e. The molecule has 0 spiro atoms. The maximum atomic E-state index is 13.3. The van der Waals surface area contributed by atoms with E-state index in [-0.39, 0.29) is 5.02 Å². The average molecular weight is 255 g/mol. The van der Waals surface area contributed by atoms with Crippen molar-refractivity contribution in [1.82, 2.24) is 15.0 Å². The minimum Gasteiger partial charge on any atom is -0.319 e. The van der Waals surface area contributed by atoms with Crippen LogP contribution in [0.2, 0.25) is 5.02 Å². The van der Waals surface area contributed by atoms with Crippen molar-refractivity contribution in [2.24, 2.45) is 5.73 Å². The van der Waals surface area contributed by atoms with E-state index in [1.165, 1.54) is 6.07 Å². The van der Waals surface area contributed by atoms with Crippen LogP contribution in [0.15, 0.2) is 24.4 Å². The number of aromatic nitrogens is 3. The minimum absolute atomic E-state index is 0.0452. The molecule has 1 atom stereocenters. The minimum atomic E-state index is -0.534. The fourth-order valence-corrected chi connectivity index (χ4v) is 1.92. The highest BCUT2D eigenvalue weighted by molar-refractivity contribution is 6.31. The van der Waals surface area contributed by atoms with Gasteiger partial charge in [-0.3, -0.25) is 0 Å². The Labute approximate surface area is 103 Å². The van der Waals surface area contributed by atoms with Gasteiger partial charge >= 0.3 is 0 Å². The number of aryl methyl sites for hydroxylation is 1. The van der Waals surface area contributed by atoms with E-state index in [1.807, 2.05) is 6.92 Å². The third-order valence-corrected chi connectivity index (χ3v) is 2.98. The Morgan fingerprint density at radius 3 is 3.00 bits per heavy atom. The first-order chi connectivity index (χ1) is 8.15. The van der Waals surface area contributed by atoms with Gasteiger partial charge < -0.3 is 5.73 Å². The molecule has 1 heterocycles. The van der Waals surface area contributed by atoms with E-state index in [1.54, 1.807) is 23.0 Å². The number of rotatable bonds is 3. The Morgan fingerprint density at radius 1 is 1.53 bits per heavy atom. The van der Waals surface area contributed by atoms with Gasteiger partial charge in [-0.05, 0) is 18.6 Å². The van der Waals surface area contributed by atoms with E-state index < -0.39 is 11.9 Å². The number of nitrogens with zero attached hydrogens (tertiary/aromatic N) is 3. The van der Waals surface area contributed by atoms with Crippen molar-refractivity contribution in [3.8, 4) is 0 Å². The molecule has 6 heteroatoms. The predicted molar refractivity (Wildman–Crippen MR) is 63.1 cm³/mol. The van der Waals surface area contributed by atoms with Crippen LogP contribution in [-0.4, -0.2) is 15.0 Å². The van der Waals surface area contributed by atoms with Gasteiger partial charge in [0.15, 0.2) is 0 Å². The van der Waals surface area contributed by atoms with Crippen molar-refractivity contribution in [3.05, 3.63) is 46.5 Å². The van der Waals surface area contributed by atoms with Gasteiger partial charge in [-0.15, -0.1) is 5.10 Å². The topological polar surface area (TPSA) is 56.7 Å². The van der Waals surface area contributed by atoms with E-state index in [4.69, 9.17) is 17.3 Å². The van der Waals surface area contributed by atoms with Crippen LogP contribution in [0.25, 0.3) is 0 Å². The summed E-state index contributed by atoms with van der Waals surface area (Å²) in [6, 6.07) is 4.04. The monoisotopic (exact) mass is 254 g/mol. The summed E-state index contributed by atoms with van der Waals surface area (Å²) in [7, 11) is 0. The Hall–Kier alpha value is -1.46. The highest BCUT2D eigenvalue weighted by Crippen LogP contribution is 2.27. The van der Waals surface area contributed by atoms with E-state index in [9.17, 15) is 4.39 Å². The molecule has 1 aromatic heterocycles. The third-order valence-electron chi connectivity index (χ3n) is 2.58. The van der Waals surface area contributed by atoms with Crippen LogP contribution in [0.3, 0.4) is 0 Å². The third kappa shape index (κ3) is 2.16. The van der Waals surface area contributed by atoms with Gasteiger partial charge in [-0.1, -0.05) is 28.9 Å². The molecule has 0 aliphatic rings. The molecular formula is C11H12ClFN4. The molecule has 0 aliphatic carbocycles. The van der Waals surface area contributed by atoms with Gasteiger partial charge in [0, 0.05) is 6.54 Å². The fraction of sp³-hybridized carbons (Fsp3) is 0.273. The van der Waals surface area contributed by atoms with Crippen molar-refractivity contribution in [3.63, 3.8) is 0 Å².